The third-order valence-electron chi connectivity index (χ3n) is 8.54. The molecule has 3 aromatic rings. The van der Waals surface area contributed by atoms with Crippen molar-refractivity contribution in [3.8, 4) is 5.75 Å². The van der Waals surface area contributed by atoms with Gasteiger partial charge in [0.15, 0.2) is 0 Å². The first-order valence-corrected chi connectivity index (χ1v) is 13.1. The van der Waals surface area contributed by atoms with Crippen molar-refractivity contribution in [1.29, 1.82) is 0 Å². The van der Waals surface area contributed by atoms with Crippen LogP contribution in [0.25, 0.3) is 10.8 Å². The molecule has 37 heavy (non-hydrogen) atoms. The topological polar surface area (TPSA) is 59.1 Å². The summed E-state index contributed by atoms with van der Waals surface area (Å²) in [7, 11) is 5.70. The van der Waals surface area contributed by atoms with Crippen LogP contribution in [0.4, 0.5) is 0 Å². The van der Waals surface area contributed by atoms with Gasteiger partial charge in [0.2, 0.25) is 0 Å². The molecule has 5 rings (SSSR count). The highest BCUT2D eigenvalue weighted by Crippen LogP contribution is 2.51. The van der Waals surface area contributed by atoms with Gasteiger partial charge in [-0.2, -0.15) is 0 Å². The summed E-state index contributed by atoms with van der Waals surface area (Å²) in [5, 5.41) is 2.16. The zero-order chi connectivity index (χ0) is 26.2. The van der Waals surface area contributed by atoms with E-state index in [2.05, 4.69) is 30.1 Å². The Labute approximate surface area is 219 Å². The lowest BCUT2D eigenvalue weighted by Crippen LogP contribution is -2.61. The number of hydrogen-bond acceptors (Lipinski definition) is 5. The Bertz CT molecular complexity index is 1310. The quantitative estimate of drug-likeness (QED) is 0.466. The van der Waals surface area contributed by atoms with Gasteiger partial charge in [-0.3, -0.25) is 9.59 Å². The average Bonchev–Trinajstić information content (AvgIpc) is 2.92. The second-order valence-electron chi connectivity index (χ2n) is 10.7. The molecule has 1 unspecified atom stereocenters. The monoisotopic (exact) mass is 500 g/mol. The third-order valence-corrected chi connectivity index (χ3v) is 8.54. The van der Waals surface area contributed by atoms with Crippen LogP contribution in [0.5, 0.6) is 5.75 Å². The lowest BCUT2D eigenvalue weighted by atomic mass is 9.56. The maximum Gasteiger partial charge on any atom is 0.302 e. The SMILES string of the molecule is COc1cccc([C@@]23CCN(C)C[C@H]2C(OC(C)=O)C[C@H](N(C)C(=O)c2ccc4ccccc4c2)C3)c1. The molecule has 1 aliphatic heterocycles. The molecule has 6 nitrogen and oxygen atoms in total. The number of amides is 1. The normalized spacial score (nSPS) is 25.8. The molecule has 1 saturated carbocycles. The molecule has 0 spiro atoms. The summed E-state index contributed by atoms with van der Waals surface area (Å²) >= 11 is 0. The van der Waals surface area contributed by atoms with Crippen molar-refractivity contribution >= 4 is 22.6 Å². The summed E-state index contributed by atoms with van der Waals surface area (Å²) in [6.07, 6.45) is 2.08. The van der Waals surface area contributed by atoms with Gasteiger partial charge in [0.05, 0.1) is 7.11 Å². The highest BCUT2D eigenvalue weighted by Gasteiger charge is 2.54. The summed E-state index contributed by atoms with van der Waals surface area (Å²) in [5.41, 5.74) is 1.63. The van der Waals surface area contributed by atoms with E-state index in [0.717, 1.165) is 42.5 Å². The molecule has 0 N–H and O–H groups in total. The Balaban J connectivity index is 1.53. The minimum Gasteiger partial charge on any atom is -0.497 e. The number of nitrogens with zero attached hydrogens (tertiary/aromatic N) is 2. The number of likely N-dealkylation sites (tertiary alicyclic amines) is 1. The zero-order valence-electron chi connectivity index (χ0n) is 22.1. The van der Waals surface area contributed by atoms with Gasteiger partial charge < -0.3 is 19.3 Å². The van der Waals surface area contributed by atoms with Gasteiger partial charge in [-0.25, -0.2) is 0 Å². The van der Waals surface area contributed by atoms with Crippen molar-refractivity contribution in [1.82, 2.24) is 9.80 Å². The maximum atomic E-state index is 13.8. The smallest absolute Gasteiger partial charge is 0.302 e. The minimum atomic E-state index is -0.281. The van der Waals surface area contributed by atoms with Crippen molar-refractivity contribution in [3.63, 3.8) is 0 Å². The number of piperidine rings is 1. The maximum absolute atomic E-state index is 13.8. The van der Waals surface area contributed by atoms with Crippen LogP contribution in [0.15, 0.2) is 66.7 Å². The number of carbonyl (C=O) groups excluding carboxylic acids is 2. The Kier molecular flexibility index (Phi) is 6.95. The number of fused-ring (bicyclic) bond motifs is 2. The standard InChI is InChI=1S/C31H36N2O4/c1-21(34)37-29-18-26(33(3)30(35)24-13-12-22-8-5-6-9-23(22)16-24)19-31(14-15-32(2)20-28(29)31)25-10-7-11-27(17-25)36-4/h5-13,16-17,26,28-29H,14-15,18-20H2,1-4H3/t26-,28-,29?,31-/m0/s1. The second-order valence-corrected chi connectivity index (χ2v) is 10.7. The summed E-state index contributed by atoms with van der Waals surface area (Å²) in [6, 6.07) is 22.2. The lowest BCUT2D eigenvalue weighted by molar-refractivity contribution is -0.158. The number of carbonyl (C=O) groups is 2. The van der Waals surface area contributed by atoms with Gasteiger partial charge in [-0.05, 0) is 67.0 Å². The molecular weight excluding hydrogens is 464 g/mol. The number of benzene rings is 3. The predicted octanol–water partition coefficient (Wildman–Crippen LogP) is 4.90. The van der Waals surface area contributed by atoms with Gasteiger partial charge in [-0.1, -0.05) is 42.5 Å². The van der Waals surface area contributed by atoms with Crippen LogP contribution < -0.4 is 4.74 Å². The van der Waals surface area contributed by atoms with Gasteiger partial charge in [0.1, 0.15) is 11.9 Å². The van der Waals surface area contributed by atoms with Crippen LogP contribution in [-0.2, 0) is 14.9 Å². The van der Waals surface area contributed by atoms with Crippen LogP contribution in [0.2, 0.25) is 0 Å². The van der Waals surface area contributed by atoms with E-state index in [9.17, 15) is 9.59 Å². The molecule has 1 aliphatic carbocycles. The molecule has 2 fully saturated rings. The Morgan fingerprint density at radius 1 is 1.03 bits per heavy atom. The number of rotatable bonds is 5. The largest absolute Gasteiger partial charge is 0.497 e. The first kappa shape index (κ1) is 25.3. The Morgan fingerprint density at radius 2 is 1.81 bits per heavy atom. The van der Waals surface area contributed by atoms with Gasteiger partial charge in [0.25, 0.3) is 5.91 Å². The van der Waals surface area contributed by atoms with Crippen molar-refractivity contribution in [2.45, 2.75) is 43.7 Å². The molecule has 1 amide bonds. The van der Waals surface area contributed by atoms with Crippen molar-refractivity contribution in [3.05, 3.63) is 77.9 Å². The fraction of sp³-hybridized carbons (Fsp3) is 0.419. The zero-order valence-corrected chi connectivity index (χ0v) is 22.1. The van der Waals surface area contributed by atoms with E-state index in [1.54, 1.807) is 7.11 Å². The van der Waals surface area contributed by atoms with E-state index in [4.69, 9.17) is 9.47 Å². The molecule has 1 heterocycles. The predicted molar refractivity (Wildman–Crippen MR) is 145 cm³/mol. The molecule has 0 radical (unpaired) electrons. The lowest BCUT2D eigenvalue weighted by Gasteiger charge is -2.56. The van der Waals surface area contributed by atoms with Crippen molar-refractivity contribution in [2.24, 2.45) is 5.92 Å². The van der Waals surface area contributed by atoms with Crippen LogP contribution >= 0.6 is 0 Å². The molecule has 4 atom stereocenters. The van der Waals surface area contributed by atoms with E-state index < -0.39 is 0 Å². The first-order chi connectivity index (χ1) is 17.8. The van der Waals surface area contributed by atoms with Crippen molar-refractivity contribution < 1.29 is 19.1 Å². The molecule has 1 saturated heterocycles. The summed E-state index contributed by atoms with van der Waals surface area (Å²) in [6.45, 7) is 3.26. The third kappa shape index (κ3) is 4.82. The van der Waals surface area contributed by atoms with E-state index in [-0.39, 0.29) is 35.4 Å². The minimum absolute atomic E-state index is 0.00972. The molecule has 194 valence electrons. The fourth-order valence-electron chi connectivity index (χ4n) is 6.58. The van der Waals surface area contributed by atoms with Crippen LogP contribution in [0.1, 0.15) is 42.1 Å². The highest BCUT2D eigenvalue weighted by molar-refractivity contribution is 5.98. The van der Waals surface area contributed by atoms with E-state index in [1.165, 1.54) is 12.5 Å². The van der Waals surface area contributed by atoms with Gasteiger partial charge in [0, 0.05) is 49.9 Å². The Morgan fingerprint density at radius 3 is 2.57 bits per heavy atom. The summed E-state index contributed by atoms with van der Waals surface area (Å²) < 4.78 is 11.6. The van der Waals surface area contributed by atoms with Crippen molar-refractivity contribution in [2.75, 3.05) is 34.3 Å². The van der Waals surface area contributed by atoms with E-state index in [1.807, 2.05) is 60.5 Å². The van der Waals surface area contributed by atoms with Crippen LogP contribution in [0.3, 0.4) is 0 Å². The molecular formula is C31H36N2O4. The van der Waals surface area contributed by atoms with Crippen LogP contribution in [0, 0.1) is 5.92 Å². The molecule has 0 bridgehead atoms. The summed E-state index contributed by atoms with van der Waals surface area (Å²) in [4.78, 5) is 30.2. The second kappa shape index (κ2) is 10.2. The Hall–Kier alpha value is -3.38. The molecule has 0 aromatic heterocycles. The first-order valence-electron chi connectivity index (χ1n) is 13.1. The number of hydrogen-bond donors (Lipinski definition) is 0. The highest BCUT2D eigenvalue weighted by atomic mass is 16.5. The molecule has 6 heteroatoms. The van der Waals surface area contributed by atoms with E-state index >= 15 is 0 Å². The number of methoxy groups -OCH3 is 1. The van der Waals surface area contributed by atoms with E-state index in [0.29, 0.717) is 12.0 Å². The van der Waals surface area contributed by atoms with Gasteiger partial charge >= 0.3 is 5.97 Å². The molecule has 2 aliphatic rings. The summed E-state index contributed by atoms with van der Waals surface area (Å²) in [5.74, 6) is 0.658. The number of esters is 1. The van der Waals surface area contributed by atoms with Gasteiger partial charge in [-0.15, -0.1) is 0 Å². The molecule has 3 aromatic carbocycles. The van der Waals surface area contributed by atoms with Crippen LogP contribution in [-0.4, -0.2) is 68.1 Å². The number of ether oxygens (including phenoxy) is 2. The average molecular weight is 501 g/mol. The fourth-order valence-corrected chi connectivity index (χ4v) is 6.58.